The highest BCUT2D eigenvalue weighted by molar-refractivity contribution is 7.99. The summed E-state index contributed by atoms with van der Waals surface area (Å²) in [6.45, 7) is 0. The first-order valence-electron chi connectivity index (χ1n) is 7.33. The maximum absolute atomic E-state index is 11.8. The number of para-hydroxylation sites is 2. The average Bonchev–Trinajstić information content (AvgIpc) is 3.03. The second-order valence-corrected chi connectivity index (χ2v) is 5.97. The molecule has 3 aromatic rings. The Bertz CT molecular complexity index is 843. The van der Waals surface area contributed by atoms with Crippen molar-refractivity contribution in [3.8, 4) is 5.75 Å². The Morgan fingerprint density at radius 2 is 2.21 bits per heavy atom. The molecule has 0 fully saturated rings. The fourth-order valence-electron chi connectivity index (χ4n) is 2.12. The van der Waals surface area contributed by atoms with Crippen LogP contribution < -0.4 is 15.1 Å². The quantitative estimate of drug-likeness (QED) is 0.410. The molecule has 122 valence electrons. The lowest BCUT2D eigenvalue weighted by molar-refractivity contribution is -0.396. The van der Waals surface area contributed by atoms with E-state index in [1.54, 1.807) is 13.3 Å². The Kier molecular flexibility index (Phi) is 5.12. The number of hydrogen-bond acceptors (Lipinski definition) is 4. The number of aromatic nitrogens is 2. The molecular weight excluding hydrogens is 324 g/mol. The van der Waals surface area contributed by atoms with Crippen molar-refractivity contribution in [2.24, 2.45) is 5.10 Å². The van der Waals surface area contributed by atoms with Crippen molar-refractivity contribution >= 4 is 34.9 Å². The van der Waals surface area contributed by atoms with E-state index >= 15 is 0 Å². The summed E-state index contributed by atoms with van der Waals surface area (Å²) in [6.07, 6.45) is 1.58. The van der Waals surface area contributed by atoms with Gasteiger partial charge in [-0.2, -0.15) is 5.10 Å². The van der Waals surface area contributed by atoms with Gasteiger partial charge in [-0.3, -0.25) is 4.79 Å². The number of fused-ring (bicyclic) bond motifs is 1. The number of rotatable bonds is 6. The number of carbonyl (C=O) groups is 1. The monoisotopic (exact) mass is 341 g/mol. The molecule has 1 amide bonds. The number of benzene rings is 2. The minimum atomic E-state index is -0.175. The van der Waals surface area contributed by atoms with Gasteiger partial charge in [0.2, 0.25) is 0 Å². The van der Waals surface area contributed by atoms with Crippen LogP contribution in [0.4, 0.5) is 0 Å². The average molecular weight is 341 g/mol. The number of nitrogens with zero attached hydrogens (tertiary/aromatic N) is 1. The number of amides is 1. The van der Waals surface area contributed by atoms with E-state index in [1.165, 1.54) is 11.8 Å². The van der Waals surface area contributed by atoms with Crippen molar-refractivity contribution in [2.75, 3.05) is 12.9 Å². The molecular formula is C17H17N4O2S+. The maximum atomic E-state index is 11.8. The molecule has 24 heavy (non-hydrogen) atoms. The van der Waals surface area contributed by atoms with Crippen molar-refractivity contribution < 1.29 is 14.5 Å². The van der Waals surface area contributed by atoms with Crippen molar-refractivity contribution in [1.29, 1.82) is 0 Å². The summed E-state index contributed by atoms with van der Waals surface area (Å²) in [5.74, 6) is 0.833. The number of thioether (sulfide) groups is 1. The molecule has 3 rings (SSSR count). The van der Waals surface area contributed by atoms with Crippen LogP contribution in [0.3, 0.4) is 0 Å². The minimum Gasteiger partial charge on any atom is -0.497 e. The molecule has 0 bridgehead atoms. The Labute approximate surface area is 143 Å². The van der Waals surface area contributed by atoms with E-state index in [4.69, 9.17) is 4.74 Å². The maximum Gasteiger partial charge on any atom is 0.315 e. The highest BCUT2D eigenvalue weighted by atomic mass is 32.2. The molecule has 3 N–H and O–H groups in total. The van der Waals surface area contributed by atoms with Crippen molar-refractivity contribution in [1.82, 2.24) is 10.4 Å². The van der Waals surface area contributed by atoms with E-state index in [9.17, 15) is 4.79 Å². The third-order valence-electron chi connectivity index (χ3n) is 3.27. The van der Waals surface area contributed by atoms with Gasteiger partial charge in [0.05, 0.1) is 19.1 Å². The zero-order valence-corrected chi connectivity index (χ0v) is 13.9. The van der Waals surface area contributed by atoms with Crippen LogP contribution in [0.2, 0.25) is 0 Å². The van der Waals surface area contributed by atoms with Crippen LogP contribution in [-0.4, -0.2) is 30.0 Å². The standard InChI is InChI=1S/C17H16N4O2S/c1-23-13-6-4-5-12(9-13)10-18-21-16(22)11-24-17-19-14-7-2-3-8-15(14)20-17/h2-10H,11H2,1H3,(H,19,20)(H,21,22)/p+1. The number of H-pyrrole nitrogens is 2. The van der Waals surface area contributed by atoms with Gasteiger partial charge < -0.3 is 4.74 Å². The van der Waals surface area contributed by atoms with Gasteiger partial charge in [0.25, 0.3) is 5.91 Å². The molecule has 0 aliphatic carbocycles. The van der Waals surface area contributed by atoms with Gasteiger partial charge in [0.1, 0.15) is 5.75 Å². The van der Waals surface area contributed by atoms with Crippen LogP contribution in [0.5, 0.6) is 5.75 Å². The molecule has 6 nitrogen and oxygen atoms in total. The Balaban J connectivity index is 1.51. The molecule has 1 heterocycles. The summed E-state index contributed by atoms with van der Waals surface area (Å²) in [7, 11) is 1.61. The van der Waals surface area contributed by atoms with E-state index < -0.39 is 0 Å². The molecule has 0 spiro atoms. The molecule has 0 aliphatic heterocycles. The molecule has 0 aliphatic rings. The van der Waals surface area contributed by atoms with E-state index in [-0.39, 0.29) is 11.7 Å². The van der Waals surface area contributed by atoms with E-state index in [2.05, 4.69) is 20.5 Å². The zero-order chi connectivity index (χ0) is 16.8. The SMILES string of the molecule is COc1cccc(C=NNC(=O)CSc2[nH]c3ccccc3[nH+]2)c1. The third kappa shape index (κ3) is 4.14. The fourth-order valence-corrected chi connectivity index (χ4v) is 2.82. The lowest BCUT2D eigenvalue weighted by atomic mass is 10.2. The predicted molar refractivity (Wildman–Crippen MR) is 94.3 cm³/mol. The van der Waals surface area contributed by atoms with Gasteiger partial charge in [-0.25, -0.2) is 15.4 Å². The molecule has 1 aromatic heterocycles. The summed E-state index contributed by atoms with van der Waals surface area (Å²) in [5, 5.41) is 4.79. The number of nitrogens with one attached hydrogen (secondary N) is 3. The van der Waals surface area contributed by atoms with Crippen LogP contribution in [0.15, 0.2) is 58.8 Å². The number of imidazole rings is 1. The Morgan fingerprint density at radius 1 is 1.33 bits per heavy atom. The first-order valence-corrected chi connectivity index (χ1v) is 8.32. The van der Waals surface area contributed by atoms with Crippen LogP contribution in [0, 0.1) is 0 Å². The van der Waals surface area contributed by atoms with Crippen LogP contribution in [0.1, 0.15) is 5.56 Å². The summed E-state index contributed by atoms with van der Waals surface area (Å²) in [4.78, 5) is 18.3. The van der Waals surface area contributed by atoms with Crippen LogP contribution in [0.25, 0.3) is 11.0 Å². The van der Waals surface area contributed by atoms with E-state index in [0.717, 1.165) is 27.5 Å². The molecule has 0 radical (unpaired) electrons. The topological polar surface area (TPSA) is 80.6 Å². The fraction of sp³-hybridized carbons (Fsp3) is 0.118. The summed E-state index contributed by atoms with van der Waals surface area (Å²) in [6, 6.07) is 15.3. The third-order valence-corrected chi connectivity index (χ3v) is 4.17. The van der Waals surface area contributed by atoms with Gasteiger partial charge >= 0.3 is 5.16 Å². The number of ether oxygens (including phenoxy) is 1. The normalized spacial score (nSPS) is 11.0. The molecule has 2 aromatic carbocycles. The summed E-state index contributed by atoms with van der Waals surface area (Å²) in [5.41, 5.74) is 5.39. The van der Waals surface area contributed by atoms with Crippen molar-refractivity contribution in [3.63, 3.8) is 0 Å². The summed E-state index contributed by atoms with van der Waals surface area (Å²) < 4.78 is 5.14. The summed E-state index contributed by atoms with van der Waals surface area (Å²) >= 11 is 1.39. The minimum absolute atomic E-state index is 0.175. The second-order valence-electron chi connectivity index (χ2n) is 4.98. The predicted octanol–water partition coefficient (Wildman–Crippen LogP) is 2.23. The molecule has 0 unspecified atom stereocenters. The Hall–Kier alpha value is -2.80. The van der Waals surface area contributed by atoms with Crippen LogP contribution in [-0.2, 0) is 4.79 Å². The number of aromatic amines is 2. The lowest BCUT2D eigenvalue weighted by Gasteiger charge is -2.00. The lowest BCUT2D eigenvalue weighted by Crippen LogP contribution is -2.20. The van der Waals surface area contributed by atoms with Crippen molar-refractivity contribution in [3.05, 3.63) is 54.1 Å². The van der Waals surface area contributed by atoms with Gasteiger partial charge in [-0.15, -0.1) is 0 Å². The number of hydrogen-bond donors (Lipinski definition) is 2. The van der Waals surface area contributed by atoms with E-state index in [1.807, 2.05) is 48.5 Å². The van der Waals surface area contributed by atoms with Gasteiger partial charge in [0, 0.05) is 0 Å². The second kappa shape index (κ2) is 7.65. The smallest absolute Gasteiger partial charge is 0.315 e. The number of carbonyl (C=O) groups excluding carboxylic acids is 1. The number of hydrazone groups is 1. The number of methoxy groups -OCH3 is 1. The van der Waals surface area contributed by atoms with Gasteiger partial charge in [-0.05, 0) is 41.6 Å². The highest BCUT2D eigenvalue weighted by Crippen LogP contribution is 2.14. The first kappa shape index (κ1) is 16.1. The zero-order valence-electron chi connectivity index (χ0n) is 13.1. The van der Waals surface area contributed by atoms with Gasteiger partial charge in [-0.1, -0.05) is 24.3 Å². The van der Waals surface area contributed by atoms with Gasteiger partial charge in [0.15, 0.2) is 11.0 Å². The molecule has 0 saturated carbocycles. The largest absolute Gasteiger partial charge is 0.497 e. The first-order chi connectivity index (χ1) is 11.7. The van der Waals surface area contributed by atoms with Crippen molar-refractivity contribution in [2.45, 2.75) is 5.16 Å². The van der Waals surface area contributed by atoms with E-state index in [0.29, 0.717) is 0 Å². The molecule has 0 atom stereocenters. The van der Waals surface area contributed by atoms with Crippen LogP contribution >= 0.6 is 11.8 Å². The Morgan fingerprint density at radius 3 is 3.04 bits per heavy atom. The molecule has 0 saturated heterocycles. The highest BCUT2D eigenvalue weighted by Gasteiger charge is 2.11. The molecule has 7 heteroatoms.